The van der Waals surface area contributed by atoms with Crippen LogP contribution < -0.4 is 15.4 Å². The maximum absolute atomic E-state index is 12.2. The average molecular weight is 337 g/mol. The lowest BCUT2D eigenvalue weighted by Gasteiger charge is -2.45. The third-order valence-corrected chi connectivity index (χ3v) is 4.28. The molecule has 2 N–H and O–H groups in total. The molecule has 1 aliphatic heterocycles. The topological polar surface area (TPSA) is 55.6 Å². The SMILES string of the molecule is COc1ccc(N2C(=O)[C@H](N)[C@@H]2c2cccc(Cl)c2)cc1Cl. The lowest BCUT2D eigenvalue weighted by molar-refractivity contribution is -0.126. The number of amides is 1. The monoisotopic (exact) mass is 336 g/mol. The molecule has 1 aliphatic rings. The van der Waals surface area contributed by atoms with Crippen molar-refractivity contribution < 1.29 is 9.53 Å². The van der Waals surface area contributed by atoms with Crippen LogP contribution in [0.25, 0.3) is 0 Å². The highest BCUT2D eigenvalue weighted by atomic mass is 35.5. The molecule has 1 amide bonds. The number of hydrogen-bond acceptors (Lipinski definition) is 3. The number of halogens is 2. The number of carbonyl (C=O) groups is 1. The quantitative estimate of drug-likeness (QED) is 0.873. The van der Waals surface area contributed by atoms with Gasteiger partial charge >= 0.3 is 0 Å². The fourth-order valence-electron chi connectivity index (χ4n) is 2.65. The van der Waals surface area contributed by atoms with Crippen molar-refractivity contribution in [3.05, 3.63) is 58.1 Å². The minimum atomic E-state index is -0.584. The third kappa shape index (κ3) is 2.43. The molecule has 0 bridgehead atoms. The Bertz CT molecular complexity index is 736. The van der Waals surface area contributed by atoms with E-state index >= 15 is 0 Å². The molecule has 6 heteroatoms. The van der Waals surface area contributed by atoms with Crippen LogP contribution in [-0.2, 0) is 4.79 Å². The molecule has 22 heavy (non-hydrogen) atoms. The summed E-state index contributed by atoms with van der Waals surface area (Å²) >= 11 is 12.2. The van der Waals surface area contributed by atoms with E-state index in [4.69, 9.17) is 33.7 Å². The first-order chi connectivity index (χ1) is 10.5. The van der Waals surface area contributed by atoms with Crippen molar-refractivity contribution in [3.8, 4) is 5.75 Å². The Labute approximate surface area is 138 Å². The van der Waals surface area contributed by atoms with Crippen LogP contribution in [-0.4, -0.2) is 19.1 Å². The van der Waals surface area contributed by atoms with Gasteiger partial charge in [-0.15, -0.1) is 0 Å². The minimum absolute atomic E-state index is 0.147. The molecule has 1 saturated heterocycles. The van der Waals surface area contributed by atoms with Crippen LogP contribution in [0.1, 0.15) is 11.6 Å². The summed E-state index contributed by atoms with van der Waals surface area (Å²) < 4.78 is 5.13. The summed E-state index contributed by atoms with van der Waals surface area (Å²) in [4.78, 5) is 13.8. The second kappa shape index (κ2) is 5.80. The fourth-order valence-corrected chi connectivity index (χ4v) is 3.10. The van der Waals surface area contributed by atoms with Gasteiger partial charge < -0.3 is 15.4 Å². The lowest BCUT2D eigenvalue weighted by atomic mass is 9.88. The molecule has 0 unspecified atom stereocenters. The summed E-state index contributed by atoms with van der Waals surface area (Å²) in [7, 11) is 1.54. The number of β-lactam (4-membered cyclic amide) rings is 1. The van der Waals surface area contributed by atoms with Crippen LogP contribution in [0.4, 0.5) is 5.69 Å². The van der Waals surface area contributed by atoms with Gasteiger partial charge in [-0.05, 0) is 35.9 Å². The van der Waals surface area contributed by atoms with Crippen molar-refractivity contribution in [2.24, 2.45) is 5.73 Å². The van der Waals surface area contributed by atoms with Gasteiger partial charge in [-0.3, -0.25) is 4.79 Å². The second-order valence-electron chi connectivity index (χ2n) is 5.05. The van der Waals surface area contributed by atoms with E-state index in [2.05, 4.69) is 0 Å². The molecule has 0 saturated carbocycles. The zero-order chi connectivity index (χ0) is 15.9. The number of rotatable bonds is 3. The van der Waals surface area contributed by atoms with Crippen LogP contribution in [0, 0.1) is 0 Å². The van der Waals surface area contributed by atoms with E-state index in [-0.39, 0.29) is 11.9 Å². The zero-order valence-electron chi connectivity index (χ0n) is 11.8. The van der Waals surface area contributed by atoms with Gasteiger partial charge in [-0.2, -0.15) is 0 Å². The van der Waals surface area contributed by atoms with Gasteiger partial charge in [0.05, 0.1) is 18.2 Å². The summed E-state index contributed by atoms with van der Waals surface area (Å²) in [6.07, 6.45) is 0. The molecule has 0 radical (unpaired) electrons. The van der Waals surface area contributed by atoms with Crippen molar-refractivity contribution in [3.63, 3.8) is 0 Å². The van der Waals surface area contributed by atoms with Crippen LogP contribution >= 0.6 is 23.2 Å². The van der Waals surface area contributed by atoms with E-state index in [0.29, 0.717) is 21.5 Å². The molecule has 0 spiro atoms. The smallest absolute Gasteiger partial charge is 0.247 e. The standard InChI is InChI=1S/C16H14Cl2N2O2/c1-22-13-6-5-11(8-12(13)18)20-15(14(19)16(20)21)9-3-2-4-10(17)7-9/h2-8,14-15H,19H2,1H3/t14-,15+/m1/s1. The van der Waals surface area contributed by atoms with E-state index in [1.807, 2.05) is 18.2 Å². The maximum atomic E-state index is 12.2. The normalized spacial score (nSPS) is 20.7. The number of carbonyl (C=O) groups excluding carboxylic acids is 1. The predicted molar refractivity (Wildman–Crippen MR) is 87.7 cm³/mol. The highest BCUT2D eigenvalue weighted by Crippen LogP contribution is 2.40. The molecule has 1 heterocycles. The predicted octanol–water partition coefficient (Wildman–Crippen LogP) is 3.42. The molecule has 4 nitrogen and oxygen atoms in total. The van der Waals surface area contributed by atoms with E-state index in [9.17, 15) is 4.79 Å². The largest absolute Gasteiger partial charge is 0.495 e. The molecule has 2 aromatic rings. The number of nitrogens with zero attached hydrogens (tertiary/aromatic N) is 1. The number of methoxy groups -OCH3 is 1. The number of anilines is 1. The van der Waals surface area contributed by atoms with E-state index in [1.165, 1.54) is 0 Å². The average Bonchev–Trinajstić information content (AvgIpc) is 2.51. The van der Waals surface area contributed by atoms with Gasteiger partial charge in [0.1, 0.15) is 11.8 Å². The van der Waals surface area contributed by atoms with E-state index in [0.717, 1.165) is 5.56 Å². The summed E-state index contributed by atoms with van der Waals surface area (Å²) in [5, 5.41) is 1.05. The molecule has 2 aromatic carbocycles. The Morgan fingerprint density at radius 2 is 1.95 bits per heavy atom. The van der Waals surface area contributed by atoms with Gasteiger partial charge in [0, 0.05) is 10.7 Å². The van der Waals surface area contributed by atoms with Crippen LogP contribution in [0.2, 0.25) is 10.0 Å². The van der Waals surface area contributed by atoms with Crippen molar-refractivity contribution in [1.29, 1.82) is 0 Å². The molecular formula is C16H14Cl2N2O2. The molecular weight excluding hydrogens is 323 g/mol. The highest BCUT2D eigenvalue weighted by molar-refractivity contribution is 6.32. The zero-order valence-corrected chi connectivity index (χ0v) is 13.3. The maximum Gasteiger partial charge on any atom is 0.247 e. The highest BCUT2D eigenvalue weighted by Gasteiger charge is 2.46. The number of ether oxygens (including phenoxy) is 1. The molecule has 3 rings (SSSR count). The first-order valence-corrected chi connectivity index (χ1v) is 7.46. The van der Waals surface area contributed by atoms with Gasteiger partial charge in [0.2, 0.25) is 5.91 Å². The van der Waals surface area contributed by atoms with Crippen molar-refractivity contribution in [2.75, 3.05) is 12.0 Å². The number of hydrogen-bond donors (Lipinski definition) is 1. The molecule has 0 aliphatic carbocycles. The van der Waals surface area contributed by atoms with Crippen molar-refractivity contribution >= 4 is 34.8 Å². The Kier molecular flexibility index (Phi) is 4.00. The molecule has 2 atom stereocenters. The Balaban J connectivity index is 1.98. The number of benzene rings is 2. The molecule has 0 aromatic heterocycles. The van der Waals surface area contributed by atoms with Crippen molar-refractivity contribution in [2.45, 2.75) is 12.1 Å². The van der Waals surface area contributed by atoms with Gasteiger partial charge in [-0.1, -0.05) is 35.3 Å². The van der Waals surface area contributed by atoms with Crippen LogP contribution in [0.3, 0.4) is 0 Å². The summed E-state index contributed by atoms with van der Waals surface area (Å²) in [5.74, 6) is 0.410. The van der Waals surface area contributed by atoms with Gasteiger partial charge in [0.25, 0.3) is 0 Å². The Hall–Kier alpha value is -1.75. The third-order valence-electron chi connectivity index (χ3n) is 3.74. The Morgan fingerprint density at radius 3 is 2.59 bits per heavy atom. The molecule has 1 fully saturated rings. The Morgan fingerprint density at radius 1 is 1.18 bits per heavy atom. The summed E-state index contributed by atoms with van der Waals surface area (Å²) in [6, 6.07) is 11.7. The summed E-state index contributed by atoms with van der Waals surface area (Å²) in [5.41, 5.74) is 7.56. The van der Waals surface area contributed by atoms with Gasteiger partial charge in [0.15, 0.2) is 0 Å². The fraction of sp³-hybridized carbons (Fsp3) is 0.188. The lowest BCUT2D eigenvalue weighted by Crippen LogP contribution is -2.63. The number of nitrogens with two attached hydrogens (primary N) is 1. The van der Waals surface area contributed by atoms with Gasteiger partial charge in [-0.25, -0.2) is 0 Å². The molecule has 114 valence electrons. The minimum Gasteiger partial charge on any atom is -0.495 e. The first kappa shape index (κ1) is 15.2. The van der Waals surface area contributed by atoms with E-state index in [1.54, 1.807) is 36.3 Å². The first-order valence-electron chi connectivity index (χ1n) is 6.70. The van der Waals surface area contributed by atoms with Crippen LogP contribution in [0.15, 0.2) is 42.5 Å². The summed E-state index contributed by atoms with van der Waals surface area (Å²) in [6.45, 7) is 0. The van der Waals surface area contributed by atoms with E-state index < -0.39 is 6.04 Å². The second-order valence-corrected chi connectivity index (χ2v) is 5.90. The van der Waals surface area contributed by atoms with Crippen molar-refractivity contribution in [1.82, 2.24) is 0 Å². The van der Waals surface area contributed by atoms with Crippen LogP contribution in [0.5, 0.6) is 5.75 Å².